The van der Waals surface area contributed by atoms with E-state index in [1.807, 2.05) is 12.1 Å². The SMILES string of the molecule is CC(C)(C)OC(CCO)[SiH](c1ccccc1)c1ccccc1. The summed E-state index contributed by atoms with van der Waals surface area (Å²) in [6.45, 7) is 6.40. The Bertz CT molecular complexity index is 509. The monoisotopic (exact) mass is 314 g/mol. The van der Waals surface area contributed by atoms with Gasteiger partial charge >= 0.3 is 0 Å². The lowest BCUT2D eigenvalue weighted by molar-refractivity contribution is -0.0326. The van der Waals surface area contributed by atoms with Crippen LogP contribution in [0.5, 0.6) is 0 Å². The van der Waals surface area contributed by atoms with Gasteiger partial charge in [0.1, 0.15) is 8.80 Å². The van der Waals surface area contributed by atoms with E-state index in [2.05, 4.69) is 69.3 Å². The van der Waals surface area contributed by atoms with Gasteiger partial charge in [-0.2, -0.15) is 0 Å². The van der Waals surface area contributed by atoms with Gasteiger partial charge in [-0.3, -0.25) is 0 Å². The summed E-state index contributed by atoms with van der Waals surface area (Å²) < 4.78 is 6.35. The van der Waals surface area contributed by atoms with Crippen molar-refractivity contribution < 1.29 is 9.84 Å². The Labute approximate surface area is 135 Å². The summed E-state index contributed by atoms with van der Waals surface area (Å²) in [5, 5.41) is 12.2. The second-order valence-electron chi connectivity index (χ2n) is 6.58. The van der Waals surface area contributed by atoms with E-state index < -0.39 is 8.80 Å². The molecule has 118 valence electrons. The van der Waals surface area contributed by atoms with Crippen molar-refractivity contribution in [3.8, 4) is 0 Å². The Balaban J connectivity index is 2.41. The average molecular weight is 315 g/mol. The molecule has 1 atom stereocenters. The van der Waals surface area contributed by atoms with Crippen LogP contribution >= 0.6 is 0 Å². The lowest BCUT2D eigenvalue weighted by Gasteiger charge is -2.33. The van der Waals surface area contributed by atoms with Crippen LogP contribution in [0.1, 0.15) is 27.2 Å². The normalized spacial score (nSPS) is 13.3. The molecule has 22 heavy (non-hydrogen) atoms. The zero-order valence-electron chi connectivity index (χ0n) is 13.7. The molecule has 0 saturated carbocycles. The van der Waals surface area contributed by atoms with Crippen LogP contribution in [0.3, 0.4) is 0 Å². The van der Waals surface area contributed by atoms with Gasteiger partial charge in [-0.1, -0.05) is 71.0 Å². The predicted octanol–water partition coefficient (Wildman–Crippen LogP) is 2.13. The summed E-state index contributed by atoms with van der Waals surface area (Å²) >= 11 is 0. The maximum Gasteiger partial charge on any atom is 0.134 e. The van der Waals surface area contributed by atoms with E-state index in [1.165, 1.54) is 10.4 Å². The van der Waals surface area contributed by atoms with Gasteiger partial charge in [0.25, 0.3) is 0 Å². The average Bonchev–Trinajstić information content (AvgIpc) is 2.48. The molecular formula is C19H26O2Si. The number of rotatable bonds is 6. The first kappa shape index (κ1) is 16.9. The molecule has 0 radical (unpaired) electrons. The minimum Gasteiger partial charge on any atom is -0.396 e. The van der Waals surface area contributed by atoms with E-state index in [9.17, 15) is 5.11 Å². The molecule has 0 amide bonds. The number of aliphatic hydroxyl groups excluding tert-OH is 1. The molecule has 0 saturated heterocycles. The van der Waals surface area contributed by atoms with Crippen LogP contribution in [-0.4, -0.2) is 31.8 Å². The summed E-state index contributed by atoms with van der Waals surface area (Å²) in [6, 6.07) is 21.2. The van der Waals surface area contributed by atoms with Crippen LogP contribution in [0.25, 0.3) is 0 Å². The van der Waals surface area contributed by atoms with Crippen LogP contribution in [0, 0.1) is 0 Å². The Morgan fingerprint density at radius 2 is 1.36 bits per heavy atom. The smallest absolute Gasteiger partial charge is 0.134 e. The van der Waals surface area contributed by atoms with Crippen molar-refractivity contribution in [3.63, 3.8) is 0 Å². The van der Waals surface area contributed by atoms with Crippen LogP contribution in [0.2, 0.25) is 0 Å². The lowest BCUT2D eigenvalue weighted by Crippen LogP contribution is -2.54. The molecule has 0 aromatic heterocycles. The fourth-order valence-electron chi connectivity index (χ4n) is 2.82. The van der Waals surface area contributed by atoms with Gasteiger partial charge in [-0.25, -0.2) is 0 Å². The molecule has 2 aromatic carbocycles. The third-order valence-electron chi connectivity index (χ3n) is 3.61. The minimum atomic E-state index is -1.57. The van der Waals surface area contributed by atoms with E-state index in [-0.39, 0.29) is 17.9 Å². The quantitative estimate of drug-likeness (QED) is 0.828. The molecule has 0 aliphatic carbocycles. The van der Waals surface area contributed by atoms with Crippen molar-refractivity contribution in [3.05, 3.63) is 60.7 Å². The van der Waals surface area contributed by atoms with Crippen molar-refractivity contribution in [2.24, 2.45) is 0 Å². The van der Waals surface area contributed by atoms with E-state index in [4.69, 9.17) is 4.74 Å². The highest BCUT2D eigenvalue weighted by molar-refractivity contribution is 6.86. The van der Waals surface area contributed by atoms with Crippen molar-refractivity contribution in [2.75, 3.05) is 6.61 Å². The first-order valence-corrected chi connectivity index (χ1v) is 9.72. The molecule has 0 bridgehead atoms. The number of hydrogen-bond donors (Lipinski definition) is 1. The number of ether oxygens (including phenoxy) is 1. The number of hydrogen-bond acceptors (Lipinski definition) is 2. The Kier molecular flexibility index (Phi) is 5.95. The summed E-state index contributed by atoms with van der Waals surface area (Å²) in [5.41, 5.74) is -0.135. The molecule has 0 aliphatic rings. The largest absolute Gasteiger partial charge is 0.396 e. The second kappa shape index (κ2) is 7.72. The highest BCUT2D eigenvalue weighted by atomic mass is 28.3. The topological polar surface area (TPSA) is 29.5 Å². The van der Waals surface area contributed by atoms with Gasteiger partial charge in [-0.05, 0) is 27.2 Å². The first-order chi connectivity index (χ1) is 10.5. The van der Waals surface area contributed by atoms with Crippen LogP contribution in [-0.2, 0) is 4.74 Å². The Hall–Kier alpha value is -1.42. The van der Waals surface area contributed by atoms with E-state index in [0.29, 0.717) is 6.42 Å². The molecule has 2 rings (SSSR count). The van der Waals surface area contributed by atoms with Gasteiger partial charge in [0.05, 0.1) is 11.3 Å². The molecule has 0 spiro atoms. The van der Waals surface area contributed by atoms with Crippen LogP contribution in [0.15, 0.2) is 60.7 Å². The van der Waals surface area contributed by atoms with Gasteiger partial charge in [0.2, 0.25) is 0 Å². The summed E-state index contributed by atoms with van der Waals surface area (Å²) in [7, 11) is -1.57. The zero-order valence-corrected chi connectivity index (χ0v) is 14.9. The van der Waals surface area contributed by atoms with Crippen molar-refractivity contribution in [1.29, 1.82) is 0 Å². The highest BCUT2D eigenvalue weighted by Gasteiger charge is 2.30. The molecule has 1 unspecified atom stereocenters. The third-order valence-corrected chi connectivity index (χ3v) is 7.03. The summed E-state index contributed by atoms with van der Waals surface area (Å²) in [4.78, 5) is 0. The maximum absolute atomic E-state index is 9.52. The molecular weight excluding hydrogens is 288 g/mol. The van der Waals surface area contributed by atoms with Gasteiger partial charge in [0, 0.05) is 6.61 Å². The molecule has 3 heteroatoms. The lowest BCUT2D eigenvalue weighted by atomic mass is 10.2. The number of benzene rings is 2. The molecule has 0 aliphatic heterocycles. The van der Waals surface area contributed by atoms with Crippen LogP contribution in [0.4, 0.5) is 0 Å². The zero-order chi connectivity index (χ0) is 16.0. The van der Waals surface area contributed by atoms with E-state index >= 15 is 0 Å². The Morgan fingerprint density at radius 1 is 0.909 bits per heavy atom. The minimum absolute atomic E-state index is 0.0785. The summed E-state index contributed by atoms with van der Waals surface area (Å²) in [6.07, 6.45) is 0.679. The molecule has 2 nitrogen and oxygen atoms in total. The number of aliphatic hydroxyl groups is 1. The molecule has 0 fully saturated rings. The fraction of sp³-hybridized carbons (Fsp3) is 0.368. The standard InChI is InChI=1S/C19H26O2Si/c1-19(2,3)21-18(14-15-20)22(16-10-6-4-7-11-16)17-12-8-5-9-13-17/h4-13,18,20,22H,14-15H2,1-3H3. The second-order valence-corrected chi connectivity index (χ2v) is 9.61. The molecule has 1 N–H and O–H groups in total. The van der Waals surface area contributed by atoms with Crippen LogP contribution < -0.4 is 10.4 Å². The van der Waals surface area contributed by atoms with Gasteiger partial charge in [-0.15, -0.1) is 0 Å². The van der Waals surface area contributed by atoms with E-state index in [1.54, 1.807) is 0 Å². The highest BCUT2D eigenvalue weighted by Crippen LogP contribution is 2.16. The maximum atomic E-state index is 9.52. The Morgan fingerprint density at radius 3 is 1.73 bits per heavy atom. The first-order valence-electron chi connectivity index (χ1n) is 7.90. The molecule has 2 aromatic rings. The van der Waals surface area contributed by atoms with Crippen molar-refractivity contribution in [2.45, 2.75) is 38.5 Å². The van der Waals surface area contributed by atoms with Crippen molar-refractivity contribution in [1.82, 2.24) is 0 Å². The molecule has 0 heterocycles. The van der Waals surface area contributed by atoms with Crippen molar-refractivity contribution >= 4 is 19.2 Å². The van der Waals surface area contributed by atoms with E-state index in [0.717, 1.165) is 0 Å². The van der Waals surface area contributed by atoms with Gasteiger partial charge < -0.3 is 9.84 Å². The third kappa shape index (κ3) is 4.80. The predicted molar refractivity (Wildman–Crippen MR) is 95.6 cm³/mol. The fourth-order valence-corrected chi connectivity index (χ4v) is 6.36. The van der Waals surface area contributed by atoms with Gasteiger partial charge in [0.15, 0.2) is 0 Å². The summed E-state index contributed by atoms with van der Waals surface area (Å²) in [5.74, 6) is 0.